The van der Waals surface area contributed by atoms with Crippen LogP contribution >= 0.6 is 11.3 Å². The van der Waals surface area contributed by atoms with Gasteiger partial charge in [0, 0.05) is 17.7 Å². The Morgan fingerprint density at radius 2 is 1.77 bits per heavy atom. The number of carbonyl (C=O) groups excluding carboxylic acids is 4. The number of rotatable bonds is 8. The van der Waals surface area contributed by atoms with E-state index >= 15 is 0 Å². The summed E-state index contributed by atoms with van der Waals surface area (Å²) < 4.78 is 5.06. The first kappa shape index (κ1) is 19.5. The van der Waals surface area contributed by atoms with Crippen LogP contribution in [0.1, 0.15) is 46.7 Å². The lowest BCUT2D eigenvalue weighted by atomic mass is 10.1. The van der Waals surface area contributed by atoms with Gasteiger partial charge in [-0.1, -0.05) is 6.07 Å². The van der Waals surface area contributed by atoms with Gasteiger partial charge in [-0.05, 0) is 49.6 Å². The number of nitrogens with one attached hydrogen (secondary N) is 1. The van der Waals surface area contributed by atoms with Crippen molar-refractivity contribution in [3.63, 3.8) is 0 Å². The highest BCUT2D eigenvalue weighted by Crippen LogP contribution is 2.14. The van der Waals surface area contributed by atoms with Crippen molar-refractivity contribution in [1.82, 2.24) is 0 Å². The Bertz CT molecular complexity index is 796. The number of carbonyl (C=O) groups is 4. The fraction of sp³-hybridized carbons (Fsp3) is 0.263. The number of hydrogen-bond donors (Lipinski definition) is 1. The molecule has 0 spiro atoms. The van der Waals surface area contributed by atoms with Crippen LogP contribution in [0.4, 0.5) is 5.69 Å². The summed E-state index contributed by atoms with van der Waals surface area (Å²) in [7, 11) is 0. The number of esters is 1. The van der Waals surface area contributed by atoms with Gasteiger partial charge >= 0.3 is 5.97 Å². The third-order valence-electron chi connectivity index (χ3n) is 3.59. The molecular weight excluding hydrogens is 354 g/mol. The zero-order valence-electron chi connectivity index (χ0n) is 14.5. The number of amides is 1. The van der Waals surface area contributed by atoms with Gasteiger partial charge in [-0.25, -0.2) is 0 Å². The fourth-order valence-electron chi connectivity index (χ4n) is 2.12. The molecule has 0 saturated heterocycles. The predicted octanol–water partition coefficient (Wildman–Crippen LogP) is 3.48. The highest BCUT2D eigenvalue weighted by molar-refractivity contribution is 7.12. The molecule has 1 N–H and O–H groups in total. The highest BCUT2D eigenvalue weighted by Gasteiger charge is 2.19. The Morgan fingerprint density at radius 1 is 1.08 bits per heavy atom. The molecule has 26 heavy (non-hydrogen) atoms. The normalized spacial score (nSPS) is 11.5. The molecule has 136 valence electrons. The number of thiophene rings is 1. The lowest BCUT2D eigenvalue weighted by Crippen LogP contribution is -2.30. The molecule has 1 amide bonds. The lowest BCUT2D eigenvalue weighted by Gasteiger charge is -2.13. The Morgan fingerprint density at radius 3 is 2.35 bits per heavy atom. The minimum atomic E-state index is -0.994. The van der Waals surface area contributed by atoms with E-state index in [1.54, 1.807) is 41.8 Å². The summed E-state index contributed by atoms with van der Waals surface area (Å²) in [5, 5.41) is 4.40. The van der Waals surface area contributed by atoms with Gasteiger partial charge in [-0.15, -0.1) is 11.3 Å². The van der Waals surface area contributed by atoms with Crippen molar-refractivity contribution in [1.29, 1.82) is 0 Å². The molecule has 6 nitrogen and oxygen atoms in total. The smallest absolute Gasteiger partial charge is 0.307 e. The van der Waals surface area contributed by atoms with E-state index in [9.17, 15) is 19.2 Å². The maximum Gasteiger partial charge on any atom is 0.307 e. The summed E-state index contributed by atoms with van der Waals surface area (Å²) in [5.41, 5.74) is 1.04. The molecule has 0 fully saturated rings. The summed E-state index contributed by atoms with van der Waals surface area (Å²) >= 11 is 1.32. The molecule has 1 heterocycles. The zero-order chi connectivity index (χ0) is 19.1. The molecule has 0 bridgehead atoms. The van der Waals surface area contributed by atoms with Crippen molar-refractivity contribution in [2.45, 2.75) is 32.8 Å². The number of Topliss-reactive ketones (excluding diaryl/α,β-unsaturated/α-hetero) is 2. The second kappa shape index (κ2) is 9.05. The average Bonchev–Trinajstić information content (AvgIpc) is 3.14. The Kier molecular flexibility index (Phi) is 6.80. The van der Waals surface area contributed by atoms with E-state index in [0.29, 0.717) is 16.1 Å². The largest absolute Gasteiger partial charge is 0.453 e. The summed E-state index contributed by atoms with van der Waals surface area (Å²) in [5.74, 6) is -1.29. The van der Waals surface area contributed by atoms with Crippen LogP contribution in [-0.4, -0.2) is 29.5 Å². The molecule has 1 unspecified atom stereocenters. The van der Waals surface area contributed by atoms with Crippen molar-refractivity contribution >= 4 is 40.5 Å². The van der Waals surface area contributed by atoms with Gasteiger partial charge in [0.2, 0.25) is 0 Å². The van der Waals surface area contributed by atoms with E-state index in [2.05, 4.69) is 5.32 Å². The van der Waals surface area contributed by atoms with Crippen LogP contribution in [0.2, 0.25) is 0 Å². The quantitative estimate of drug-likeness (QED) is 0.565. The minimum absolute atomic E-state index is 0.0419. The topological polar surface area (TPSA) is 89.5 Å². The molecule has 2 aromatic rings. The zero-order valence-corrected chi connectivity index (χ0v) is 15.3. The molecular formula is C19H19NO5S. The molecule has 1 atom stereocenters. The molecule has 0 aliphatic heterocycles. The van der Waals surface area contributed by atoms with Gasteiger partial charge < -0.3 is 10.1 Å². The maximum atomic E-state index is 12.1. The summed E-state index contributed by atoms with van der Waals surface area (Å²) in [6.45, 7) is 2.91. The van der Waals surface area contributed by atoms with Crippen LogP contribution in [0.25, 0.3) is 0 Å². The molecule has 7 heteroatoms. The third kappa shape index (κ3) is 5.63. The van der Waals surface area contributed by atoms with Crippen molar-refractivity contribution in [3.05, 3.63) is 52.2 Å². The van der Waals surface area contributed by atoms with E-state index in [1.165, 1.54) is 25.2 Å². The van der Waals surface area contributed by atoms with Crippen molar-refractivity contribution in [3.8, 4) is 0 Å². The number of hydrogen-bond acceptors (Lipinski definition) is 6. The van der Waals surface area contributed by atoms with Crippen LogP contribution in [0.3, 0.4) is 0 Å². The Labute approximate surface area is 155 Å². The van der Waals surface area contributed by atoms with Gasteiger partial charge in [-0.2, -0.15) is 0 Å². The molecule has 0 aliphatic rings. The summed E-state index contributed by atoms with van der Waals surface area (Å²) in [6, 6.07) is 9.87. The second-order valence-electron chi connectivity index (χ2n) is 5.66. The monoisotopic (exact) mass is 373 g/mol. The lowest BCUT2D eigenvalue weighted by molar-refractivity contribution is -0.153. The Hall–Kier alpha value is -2.80. The van der Waals surface area contributed by atoms with Gasteiger partial charge in [0.15, 0.2) is 17.7 Å². The van der Waals surface area contributed by atoms with Crippen LogP contribution in [0, 0.1) is 0 Å². The number of anilines is 1. The Balaban J connectivity index is 1.79. The van der Waals surface area contributed by atoms with Crippen molar-refractivity contribution in [2.24, 2.45) is 0 Å². The molecule has 2 rings (SSSR count). The second-order valence-corrected chi connectivity index (χ2v) is 6.60. The van der Waals surface area contributed by atoms with Crippen LogP contribution in [-0.2, 0) is 14.3 Å². The average molecular weight is 373 g/mol. The van der Waals surface area contributed by atoms with E-state index in [0.717, 1.165) is 0 Å². The van der Waals surface area contributed by atoms with Gasteiger partial charge in [0.25, 0.3) is 5.91 Å². The van der Waals surface area contributed by atoms with Crippen LogP contribution in [0.15, 0.2) is 41.8 Å². The first-order valence-electron chi connectivity index (χ1n) is 8.05. The van der Waals surface area contributed by atoms with E-state index in [4.69, 9.17) is 4.74 Å². The van der Waals surface area contributed by atoms with E-state index in [1.807, 2.05) is 0 Å². The third-order valence-corrected chi connectivity index (χ3v) is 4.50. The van der Waals surface area contributed by atoms with Crippen LogP contribution in [0.5, 0.6) is 0 Å². The number of ether oxygens (including phenoxy) is 1. The standard InChI is InChI=1S/C19H19NO5S/c1-12(21)14-5-7-15(8-6-14)20-19(24)13(2)25-18(23)10-9-16(22)17-4-3-11-26-17/h3-8,11,13H,9-10H2,1-2H3,(H,20,24). The predicted molar refractivity (Wildman–Crippen MR) is 98.5 cm³/mol. The van der Waals surface area contributed by atoms with Crippen molar-refractivity contribution in [2.75, 3.05) is 5.32 Å². The molecule has 0 saturated carbocycles. The van der Waals surface area contributed by atoms with Gasteiger partial charge in [0.1, 0.15) is 0 Å². The van der Waals surface area contributed by atoms with E-state index < -0.39 is 18.0 Å². The van der Waals surface area contributed by atoms with Gasteiger partial charge in [0.05, 0.1) is 11.3 Å². The molecule has 0 radical (unpaired) electrons. The summed E-state index contributed by atoms with van der Waals surface area (Å²) in [4.78, 5) is 47.6. The first-order valence-corrected chi connectivity index (χ1v) is 8.93. The molecule has 1 aromatic heterocycles. The van der Waals surface area contributed by atoms with E-state index in [-0.39, 0.29) is 24.4 Å². The first-order chi connectivity index (χ1) is 12.4. The fourth-order valence-corrected chi connectivity index (χ4v) is 2.81. The number of ketones is 2. The maximum absolute atomic E-state index is 12.1. The number of benzene rings is 1. The minimum Gasteiger partial charge on any atom is -0.453 e. The van der Waals surface area contributed by atoms with Gasteiger partial charge in [-0.3, -0.25) is 19.2 Å². The highest BCUT2D eigenvalue weighted by atomic mass is 32.1. The SMILES string of the molecule is CC(=O)c1ccc(NC(=O)C(C)OC(=O)CCC(=O)c2cccs2)cc1. The molecule has 0 aliphatic carbocycles. The molecule has 1 aromatic carbocycles. The van der Waals surface area contributed by atoms with Crippen molar-refractivity contribution < 1.29 is 23.9 Å². The van der Waals surface area contributed by atoms with Crippen LogP contribution < -0.4 is 5.32 Å². The summed E-state index contributed by atoms with van der Waals surface area (Å²) in [6.07, 6.45) is -1.03.